The summed E-state index contributed by atoms with van der Waals surface area (Å²) in [6, 6.07) is 16.2. The summed E-state index contributed by atoms with van der Waals surface area (Å²) in [4.78, 5) is 7.94. The molecule has 2 aromatic carbocycles. The summed E-state index contributed by atoms with van der Waals surface area (Å²) in [5.41, 5.74) is 2.38. The average Bonchev–Trinajstić information content (AvgIpc) is 2.95. The number of H-pyrrole nitrogens is 1. The molecule has 1 saturated carbocycles. The number of benzene rings is 2. The Morgan fingerprint density at radius 2 is 2.04 bits per heavy atom. The van der Waals surface area contributed by atoms with Crippen molar-refractivity contribution in [2.24, 2.45) is 0 Å². The summed E-state index contributed by atoms with van der Waals surface area (Å²) in [7, 11) is 0. The molecular weight excluding hydrogens is 290 g/mol. The molecule has 5 nitrogen and oxygen atoms in total. The number of rotatable bonds is 2. The van der Waals surface area contributed by atoms with Crippen LogP contribution in [-0.2, 0) is 5.41 Å². The second kappa shape index (κ2) is 4.26. The summed E-state index contributed by atoms with van der Waals surface area (Å²) in [6.45, 7) is 0.260. The van der Waals surface area contributed by atoms with Crippen molar-refractivity contribution in [2.75, 3.05) is 6.79 Å². The van der Waals surface area contributed by atoms with E-state index < -0.39 is 5.41 Å². The Morgan fingerprint density at radius 3 is 2.91 bits per heavy atom. The van der Waals surface area contributed by atoms with E-state index in [2.05, 4.69) is 16.0 Å². The number of fused-ring (bicyclic) bond motifs is 2. The van der Waals surface area contributed by atoms with Gasteiger partial charge in [0.25, 0.3) is 0 Å². The molecule has 0 amide bonds. The molecular formula is C18H13N3O2. The molecule has 1 fully saturated rings. The van der Waals surface area contributed by atoms with E-state index in [1.807, 2.05) is 42.5 Å². The largest absolute Gasteiger partial charge is 0.454 e. The van der Waals surface area contributed by atoms with Crippen LogP contribution in [0.3, 0.4) is 0 Å². The Labute approximate surface area is 132 Å². The number of nitriles is 1. The number of hydrogen-bond acceptors (Lipinski definition) is 4. The minimum atomic E-state index is -0.577. The highest BCUT2D eigenvalue weighted by molar-refractivity contribution is 5.75. The first kappa shape index (κ1) is 12.5. The number of ether oxygens (including phenoxy) is 2. The van der Waals surface area contributed by atoms with E-state index >= 15 is 0 Å². The van der Waals surface area contributed by atoms with Crippen LogP contribution in [0.5, 0.6) is 11.5 Å². The maximum absolute atomic E-state index is 9.79. The van der Waals surface area contributed by atoms with Crippen molar-refractivity contribution in [3.8, 4) is 17.6 Å². The van der Waals surface area contributed by atoms with Gasteiger partial charge in [-0.1, -0.05) is 18.2 Å². The Balaban J connectivity index is 1.55. The molecule has 5 heteroatoms. The van der Waals surface area contributed by atoms with Gasteiger partial charge >= 0.3 is 0 Å². The van der Waals surface area contributed by atoms with Gasteiger partial charge in [0, 0.05) is 5.92 Å². The van der Waals surface area contributed by atoms with Gasteiger partial charge in [0.15, 0.2) is 11.5 Å². The molecule has 2 atom stereocenters. The first-order valence-corrected chi connectivity index (χ1v) is 7.56. The lowest BCUT2D eigenvalue weighted by molar-refractivity contribution is 0.174. The molecule has 112 valence electrons. The normalized spacial score (nSPS) is 24.6. The summed E-state index contributed by atoms with van der Waals surface area (Å²) in [6.07, 6.45) is 0.767. The smallest absolute Gasteiger partial charge is 0.231 e. The van der Waals surface area contributed by atoms with E-state index in [0.717, 1.165) is 40.3 Å². The first-order valence-electron chi connectivity index (χ1n) is 7.56. The Kier molecular flexibility index (Phi) is 2.32. The first-order chi connectivity index (χ1) is 11.3. The lowest BCUT2D eigenvalue weighted by Crippen LogP contribution is -2.08. The van der Waals surface area contributed by atoms with Crippen molar-refractivity contribution in [1.82, 2.24) is 9.97 Å². The van der Waals surface area contributed by atoms with Crippen molar-refractivity contribution in [2.45, 2.75) is 17.8 Å². The van der Waals surface area contributed by atoms with Crippen LogP contribution in [0.4, 0.5) is 0 Å². The van der Waals surface area contributed by atoms with Gasteiger partial charge in [-0.3, -0.25) is 0 Å². The number of aromatic nitrogens is 2. The molecule has 1 aromatic heterocycles. The SMILES string of the molecule is N#C[C@@]1(c2nc3ccccc3[nH]2)C[C@H]1c1ccc2c(c1)OCO2. The van der Waals surface area contributed by atoms with Gasteiger partial charge in [0.1, 0.15) is 11.2 Å². The monoisotopic (exact) mass is 303 g/mol. The standard InChI is InChI=1S/C18H13N3O2/c19-9-18(17-20-13-3-1-2-4-14(13)21-17)8-12(18)11-5-6-15-16(7-11)23-10-22-15/h1-7,12H,8,10H2,(H,20,21)/t12-,18-/m0/s1. The number of imidazole rings is 1. The van der Waals surface area contributed by atoms with Crippen LogP contribution >= 0.6 is 0 Å². The molecule has 0 saturated heterocycles. The van der Waals surface area contributed by atoms with E-state index in [-0.39, 0.29) is 12.7 Å². The fourth-order valence-corrected chi connectivity index (χ4v) is 3.40. The lowest BCUT2D eigenvalue weighted by atomic mass is 9.99. The van der Waals surface area contributed by atoms with Gasteiger partial charge < -0.3 is 14.5 Å². The van der Waals surface area contributed by atoms with Crippen LogP contribution in [-0.4, -0.2) is 16.8 Å². The predicted molar refractivity (Wildman–Crippen MR) is 83.3 cm³/mol. The van der Waals surface area contributed by atoms with Crippen LogP contribution in [0.1, 0.15) is 23.7 Å². The van der Waals surface area contributed by atoms with Gasteiger partial charge in [-0.05, 0) is 36.2 Å². The van der Waals surface area contributed by atoms with Gasteiger partial charge in [-0.25, -0.2) is 4.98 Å². The Bertz CT molecular complexity index is 939. The minimum Gasteiger partial charge on any atom is -0.454 e. The van der Waals surface area contributed by atoms with Gasteiger partial charge in [0.05, 0.1) is 17.1 Å². The van der Waals surface area contributed by atoms with Crippen LogP contribution in [0.2, 0.25) is 0 Å². The van der Waals surface area contributed by atoms with E-state index in [9.17, 15) is 5.26 Å². The molecule has 1 N–H and O–H groups in total. The number of aromatic amines is 1. The number of nitrogens with one attached hydrogen (secondary N) is 1. The highest BCUT2D eigenvalue weighted by atomic mass is 16.7. The molecule has 1 aliphatic heterocycles. The van der Waals surface area contributed by atoms with E-state index in [1.54, 1.807) is 0 Å². The number of para-hydroxylation sites is 2. The molecule has 23 heavy (non-hydrogen) atoms. The molecule has 0 radical (unpaired) electrons. The quantitative estimate of drug-likeness (QED) is 0.789. The van der Waals surface area contributed by atoms with E-state index in [1.165, 1.54) is 0 Å². The van der Waals surface area contributed by atoms with Crippen LogP contribution in [0.15, 0.2) is 42.5 Å². The maximum Gasteiger partial charge on any atom is 0.231 e. The topological polar surface area (TPSA) is 70.9 Å². The fourth-order valence-electron chi connectivity index (χ4n) is 3.40. The highest BCUT2D eigenvalue weighted by Crippen LogP contribution is 2.60. The Morgan fingerprint density at radius 1 is 1.17 bits per heavy atom. The second-order valence-corrected chi connectivity index (χ2v) is 6.06. The number of nitrogens with zero attached hydrogens (tertiary/aromatic N) is 2. The molecule has 3 aromatic rings. The second-order valence-electron chi connectivity index (χ2n) is 6.06. The van der Waals surface area contributed by atoms with Crippen molar-refractivity contribution >= 4 is 11.0 Å². The van der Waals surface area contributed by atoms with Gasteiger partial charge in [0.2, 0.25) is 6.79 Å². The van der Waals surface area contributed by atoms with Crippen molar-refractivity contribution in [3.63, 3.8) is 0 Å². The average molecular weight is 303 g/mol. The minimum absolute atomic E-state index is 0.127. The van der Waals surface area contributed by atoms with E-state index in [0.29, 0.717) is 0 Å². The van der Waals surface area contributed by atoms with E-state index in [4.69, 9.17) is 9.47 Å². The summed E-state index contributed by atoms with van der Waals surface area (Å²) >= 11 is 0. The summed E-state index contributed by atoms with van der Waals surface area (Å²) in [5.74, 6) is 2.40. The molecule has 0 unspecified atom stereocenters. The molecule has 0 spiro atoms. The third-order valence-electron chi connectivity index (χ3n) is 4.77. The summed E-state index contributed by atoms with van der Waals surface area (Å²) in [5, 5.41) is 9.79. The third kappa shape index (κ3) is 1.69. The predicted octanol–water partition coefficient (Wildman–Crippen LogP) is 3.24. The maximum atomic E-state index is 9.79. The summed E-state index contributed by atoms with van der Waals surface area (Å²) < 4.78 is 10.8. The van der Waals surface area contributed by atoms with Crippen molar-refractivity contribution in [1.29, 1.82) is 5.26 Å². The molecule has 2 heterocycles. The van der Waals surface area contributed by atoms with Crippen LogP contribution < -0.4 is 9.47 Å². The van der Waals surface area contributed by atoms with Gasteiger partial charge in [-0.2, -0.15) is 5.26 Å². The molecule has 5 rings (SSSR count). The third-order valence-corrected chi connectivity index (χ3v) is 4.77. The lowest BCUT2D eigenvalue weighted by Gasteiger charge is -2.06. The zero-order valence-electron chi connectivity index (χ0n) is 12.2. The fraction of sp³-hybridized carbons (Fsp3) is 0.222. The van der Waals surface area contributed by atoms with Crippen molar-refractivity contribution < 1.29 is 9.47 Å². The number of hydrogen-bond donors (Lipinski definition) is 1. The Hall–Kier alpha value is -3.00. The zero-order valence-corrected chi connectivity index (χ0v) is 12.2. The molecule has 1 aliphatic carbocycles. The molecule has 2 aliphatic rings. The van der Waals surface area contributed by atoms with Crippen molar-refractivity contribution in [3.05, 3.63) is 53.9 Å². The molecule has 0 bridgehead atoms. The zero-order chi connectivity index (χ0) is 15.4. The van der Waals surface area contributed by atoms with Crippen LogP contribution in [0.25, 0.3) is 11.0 Å². The van der Waals surface area contributed by atoms with Crippen LogP contribution in [0, 0.1) is 11.3 Å². The highest BCUT2D eigenvalue weighted by Gasteiger charge is 2.59. The van der Waals surface area contributed by atoms with Gasteiger partial charge in [-0.15, -0.1) is 0 Å².